The third kappa shape index (κ3) is 4.67. The average molecular weight is 501 g/mol. The van der Waals surface area contributed by atoms with Crippen molar-refractivity contribution in [2.45, 2.75) is 6.42 Å². The highest BCUT2D eigenvalue weighted by Crippen LogP contribution is 2.41. The number of nitro benzene ring substituents is 1. The number of non-ortho nitro benzene ring substituents is 1. The van der Waals surface area contributed by atoms with Crippen molar-refractivity contribution >= 4 is 59.7 Å². The van der Waals surface area contributed by atoms with Crippen molar-refractivity contribution in [2.24, 2.45) is 0 Å². The van der Waals surface area contributed by atoms with Gasteiger partial charge in [0, 0.05) is 28.8 Å². The van der Waals surface area contributed by atoms with Gasteiger partial charge < -0.3 is 14.4 Å². The molecule has 0 aliphatic heterocycles. The standard InChI is InChI=1S/C23H24N4O5S2/c1-25(2)10-5-11-26(23-24-20-16(31-3)7-8-17(32-4)21(20)34-23)22(28)19-13-14-12-15(27(29)30)6-9-18(14)33-19/h6-9,12-13H,5,10-11H2,1-4H3. The molecule has 9 nitrogen and oxygen atoms in total. The van der Waals surface area contributed by atoms with Crippen LogP contribution in [0.2, 0.25) is 0 Å². The molecule has 4 rings (SSSR count). The zero-order valence-electron chi connectivity index (χ0n) is 19.2. The van der Waals surface area contributed by atoms with Gasteiger partial charge in [-0.15, -0.1) is 11.3 Å². The molecular formula is C23H24N4O5S2. The highest BCUT2D eigenvalue weighted by molar-refractivity contribution is 7.23. The zero-order chi connectivity index (χ0) is 24.4. The number of fused-ring (bicyclic) bond motifs is 2. The molecule has 178 valence electrons. The predicted octanol–water partition coefficient (Wildman–Crippen LogP) is 5.03. The smallest absolute Gasteiger partial charge is 0.270 e. The third-order valence-electron chi connectivity index (χ3n) is 5.28. The summed E-state index contributed by atoms with van der Waals surface area (Å²) in [6.07, 6.45) is 0.749. The molecule has 0 aliphatic carbocycles. The topological polar surface area (TPSA) is 98.0 Å². The van der Waals surface area contributed by atoms with Crippen molar-refractivity contribution in [2.75, 3.05) is 46.3 Å². The second-order valence-electron chi connectivity index (χ2n) is 7.85. The van der Waals surface area contributed by atoms with Crippen LogP contribution in [0.25, 0.3) is 20.3 Å². The summed E-state index contributed by atoms with van der Waals surface area (Å²) in [7, 11) is 7.14. The van der Waals surface area contributed by atoms with E-state index in [9.17, 15) is 14.9 Å². The Morgan fingerprint density at radius 1 is 1.06 bits per heavy atom. The van der Waals surface area contributed by atoms with Crippen LogP contribution < -0.4 is 14.4 Å². The van der Waals surface area contributed by atoms with Crippen LogP contribution >= 0.6 is 22.7 Å². The lowest BCUT2D eigenvalue weighted by atomic mass is 10.2. The van der Waals surface area contributed by atoms with Crippen LogP contribution in [0, 0.1) is 10.1 Å². The van der Waals surface area contributed by atoms with E-state index in [1.165, 1.54) is 34.8 Å². The highest BCUT2D eigenvalue weighted by Gasteiger charge is 2.25. The van der Waals surface area contributed by atoms with Crippen molar-refractivity contribution < 1.29 is 19.2 Å². The first-order valence-electron chi connectivity index (χ1n) is 10.5. The van der Waals surface area contributed by atoms with Gasteiger partial charge in [-0.3, -0.25) is 19.8 Å². The van der Waals surface area contributed by atoms with Gasteiger partial charge in [-0.25, -0.2) is 4.98 Å². The van der Waals surface area contributed by atoms with Crippen molar-refractivity contribution in [3.05, 3.63) is 51.4 Å². The van der Waals surface area contributed by atoms with Crippen LogP contribution in [-0.2, 0) is 0 Å². The van der Waals surface area contributed by atoms with E-state index in [2.05, 4.69) is 4.90 Å². The van der Waals surface area contributed by atoms with Crippen molar-refractivity contribution in [3.63, 3.8) is 0 Å². The number of aromatic nitrogens is 1. The molecule has 0 N–H and O–H groups in total. The second kappa shape index (κ2) is 9.92. The lowest BCUT2D eigenvalue weighted by Crippen LogP contribution is -2.32. The summed E-state index contributed by atoms with van der Waals surface area (Å²) < 4.78 is 12.6. The van der Waals surface area contributed by atoms with Gasteiger partial charge in [-0.2, -0.15) is 0 Å². The van der Waals surface area contributed by atoms with Gasteiger partial charge in [0.1, 0.15) is 21.7 Å². The van der Waals surface area contributed by atoms with Crippen molar-refractivity contribution in [1.29, 1.82) is 0 Å². The minimum atomic E-state index is -0.436. The van der Waals surface area contributed by atoms with Gasteiger partial charge in [0.05, 0.1) is 24.0 Å². The first-order valence-corrected chi connectivity index (χ1v) is 12.1. The molecule has 4 aromatic rings. The van der Waals surface area contributed by atoms with E-state index in [1.54, 1.807) is 37.3 Å². The number of hydrogen-bond donors (Lipinski definition) is 0. The number of anilines is 1. The molecule has 0 unspecified atom stereocenters. The molecule has 0 atom stereocenters. The molecule has 11 heteroatoms. The zero-order valence-corrected chi connectivity index (χ0v) is 20.9. The summed E-state index contributed by atoms with van der Waals surface area (Å²) in [5, 5.41) is 12.4. The fourth-order valence-corrected chi connectivity index (χ4v) is 5.69. The average Bonchev–Trinajstić information content (AvgIpc) is 3.44. The van der Waals surface area contributed by atoms with Gasteiger partial charge in [0.2, 0.25) is 0 Å². The lowest BCUT2D eigenvalue weighted by Gasteiger charge is -2.20. The Bertz CT molecular complexity index is 1320. The molecule has 0 saturated carbocycles. The Kier molecular flexibility index (Phi) is 6.96. The van der Waals surface area contributed by atoms with Crippen molar-refractivity contribution in [3.8, 4) is 11.5 Å². The number of carbonyl (C=O) groups excluding carboxylic acids is 1. The number of thiazole rings is 1. The molecule has 0 aliphatic rings. The fourth-order valence-electron chi connectivity index (χ4n) is 3.60. The molecule has 34 heavy (non-hydrogen) atoms. The molecule has 0 radical (unpaired) electrons. The summed E-state index contributed by atoms with van der Waals surface area (Å²) in [5.41, 5.74) is 0.636. The number of methoxy groups -OCH3 is 2. The largest absolute Gasteiger partial charge is 0.495 e. The Hall–Kier alpha value is -3.28. The number of hydrogen-bond acceptors (Lipinski definition) is 9. The number of nitrogens with zero attached hydrogens (tertiary/aromatic N) is 4. The molecule has 0 saturated heterocycles. The molecule has 2 aromatic carbocycles. The second-order valence-corrected chi connectivity index (χ2v) is 9.91. The molecule has 2 heterocycles. The van der Waals surface area contributed by atoms with Gasteiger partial charge in [-0.05, 0) is 51.3 Å². The highest BCUT2D eigenvalue weighted by atomic mass is 32.1. The molecule has 0 bridgehead atoms. The van der Waals surface area contributed by atoms with Crippen LogP contribution in [0.3, 0.4) is 0 Å². The van der Waals surface area contributed by atoms with Crippen LogP contribution in [0.4, 0.5) is 10.8 Å². The number of nitro groups is 1. The summed E-state index contributed by atoms with van der Waals surface area (Å²) in [6.45, 7) is 1.27. The fraction of sp³-hybridized carbons (Fsp3) is 0.304. The Balaban J connectivity index is 1.76. The van der Waals surface area contributed by atoms with Gasteiger partial charge in [0.15, 0.2) is 5.13 Å². The number of rotatable bonds is 9. The summed E-state index contributed by atoms with van der Waals surface area (Å²) in [6, 6.07) is 9.95. The van der Waals surface area contributed by atoms with Gasteiger partial charge >= 0.3 is 0 Å². The first-order chi connectivity index (χ1) is 16.3. The monoisotopic (exact) mass is 500 g/mol. The van der Waals surface area contributed by atoms with Gasteiger partial charge in [0.25, 0.3) is 11.6 Å². The van der Waals surface area contributed by atoms with Gasteiger partial charge in [-0.1, -0.05) is 11.3 Å². The van der Waals surface area contributed by atoms with Crippen LogP contribution in [0.15, 0.2) is 36.4 Å². The van der Waals surface area contributed by atoms with E-state index >= 15 is 0 Å². The van der Waals surface area contributed by atoms with Crippen LogP contribution in [0.5, 0.6) is 11.5 Å². The minimum absolute atomic E-state index is 0.00231. The maximum atomic E-state index is 13.7. The first kappa shape index (κ1) is 23.9. The molecule has 0 spiro atoms. The Morgan fingerprint density at radius 2 is 1.79 bits per heavy atom. The molecule has 1 amide bonds. The van der Waals surface area contributed by atoms with E-state index in [4.69, 9.17) is 14.5 Å². The normalized spacial score (nSPS) is 11.3. The minimum Gasteiger partial charge on any atom is -0.495 e. The van der Waals surface area contributed by atoms with E-state index in [1.807, 2.05) is 20.2 Å². The summed E-state index contributed by atoms with van der Waals surface area (Å²) in [5.74, 6) is 1.07. The van der Waals surface area contributed by atoms with Crippen LogP contribution in [-0.4, -0.2) is 62.1 Å². The number of thiophene rings is 1. The Labute approximate surface area is 204 Å². The number of amides is 1. The maximum absolute atomic E-state index is 13.7. The number of benzene rings is 2. The van der Waals surface area contributed by atoms with E-state index in [0.29, 0.717) is 39.0 Å². The number of ether oxygens (including phenoxy) is 2. The Morgan fingerprint density at radius 3 is 2.47 bits per heavy atom. The summed E-state index contributed by atoms with van der Waals surface area (Å²) in [4.78, 5) is 33.4. The van der Waals surface area contributed by atoms with E-state index in [0.717, 1.165) is 22.4 Å². The van der Waals surface area contributed by atoms with Crippen molar-refractivity contribution in [1.82, 2.24) is 9.88 Å². The van der Waals surface area contributed by atoms with Crippen LogP contribution in [0.1, 0.15) is 16.1 Å². The molecular weight excluding hydrogens is 476 g/mol. The molecule has 0 fully saturated rings. The third-order valence-corrected chi connectivity index (χ3v) is 7.48. The van der Waals surface area contributed by atoms with E-state index in [-0.39, 0.29) is 11.6 Å². The quantitative estimate of drug-likeness (QED) is 0.235. The van der Waals surface area contributed by atoms with E-state index < -0.39 is 4.92 Å². The predicted molar refractivity (Wildman–Crippen MR) is 136 cm³/mol. The SMILES string of the molecule is COc1ccc(OC)c2sc(N(CCCN(C)C)C(=O)c3cc4cc([N+](=O)[O-])ccc4s3)nc12. The molecule has 2 aromatic heterocycles. The summed E-state index contributed by atoms with van der Waals surface area (Å²) >= 11 is 2.69. The lowest BCUT2D eigenvalue weighted by molar-refractivity contribution is -0.384. The maximum Gasteiger partial charge on any atom is 0.270 e. The number of carbonyl (C=O) groups is 1.